The van der Waals surface area contributed by atoms with Crippen LogP contribution in [0.2, 0.25) is 0 Å². The third-order valence-electron chi connectivity index (χ3n) is 0.393. The first kappa shape index (κ1) is 5.34. The molecule has 0 saturated carbocycles. The Morgan fingerprint density at radius 2 is 2.50 bits per heavy atom. The van der Waals surface area contributed by atoms with Crippen LogP contribution in [-0.2, 0) is 0 Å². The molecule has 0 unspecified atom stereocenters. The van der Waals surface area contributed by atoms with Crippen molar-refractivity contribution in [3.8, 4) is 0 Å². The quantitative estimate of drug-likeness (QED) is 0.432. The largest absolute Gasteiger partial charge is 0.299 e. The van der Waals surface area contributed by atoms with Gasteiger partial charge in [0.2, 0.25) is 0 Å². The van der Waals surface area contributed by atoms with E-state index in [0.29, 0.717) is 6.54 Å². The molecular weight excluding hydrogens is 76.1 g/mol. The molecule has 0 radical (unpaired) electrons. The third kappa shape index (κ3) is 3.34. The van der Waals surface area contributed by atoms with Gasteiger partial charge in [-0.2, -0.15) is 0 Å². The maximum Gasteiger partial charge on any atom is 0.0730 e. The van der Waals surface area contributed by atoms with Gasteiger partial charge in [-0.3, -0.25) is 9.98 Å². The van der Waals surface area contributed by atoms with Crippen LogP contribution in [0.15, 0.2) is 9.98 Å². The van der Waals surface area contributed by atoms with Gasteiger partial charge in [-0.25, -0.2) is 0 Å². The van der Waals surface area contributed by atoms with E-state index in [1.807, 2.05) is 0 Å². The van der Waals surface area contributed by atoms with Crippen molar-refractivity contribution in [2.45, 2.75) is 0 Å². The first-order valence-corrected chi connectivity index (χ1v) is 1.75. The molecule has 0 N–H and O–H groups in total. The van der Waals surface area contributed by atoms with Crippen molar-refractivity contribution in [3.63, 3.8) is 0 Å². The van der Waals surface area contributed by atoms with Gasteiger partial charge in [0.1, 0.15) is 0 Å². The molecule has 0 spiro atoms. The fourth-order valence-corrected chi connectivity index (χ4v) is 0.139. The van der Waals surface area contributed by atoms with Crippen LogP contribution in [-0.4, -0.2) is 26.5 Å². The predicted molar refractivity (Wildman–Crippen MR) is 28.8 cm³/mol. The zero-order chi connectivity index (χ0) is 4.83. The molecule has 0 aliphatic rings. The maximum absolute atomic E-state index is 3.67. The first-order chi connectivity index (χ1) is 2.91. The smallest absolute Gasteiger partial charge is 0.0730 e. The topological polar surface area (TPSA) is 24.7 Å². The molecule has 6 heavy (non-hydrogen) atoms. The molecule has 0 aliphatic heterocycles. The van der Waals surface area contributed by atoms with Crippen LogP contribution < -0.4 is 0 Å². The lowest BCUT2D eigenvalue weighted by Gasteiger charge is -1.71. The maximum atomic E-state index is 3.67. The summed E-state index contributed by atoms with van der Waals surface area (Å²) in [5.74, 6) is 0. The number of rotatable bonds is 2. The Hall–Kier alpha value is -0.660. The van der Waals surface area contributed by atoms with E-state index in [9.17, 15) is 0 Å². The fourth-order valence-electron chi connectivity index (χ4n) is 0.139. The molecule has 2 nitrogen and oxygen atoms in total. The van der Waals surface area contributed by atoms with Crippen LogP contribution in [0.1, 0.15) is 0 Å². The Morgan fingerprint density at radius 3 is 2.67 bits per heavy atom. The molecule has 0 saturated heterocycles. The van der Waals surface area contributed by atoms with E-state index in [1.165, 1.54) is 0 Å². The van der Waals surface area contributed by atoms with Crippen molar-refractivity contribution in [3.05, 3.63) is 0 Å². The third-order valence-corrected chi connectivity index (χ3v) is 0.393. The van der Waals surface area contributed by atoms with Crippen molar-refractivity contribution in [1.82, 2.24) is 0 Å². The summed E-state index contributed by atoms with van der Waals surface area (Å²) in [6.45, 7) is 3.89. The molecular formula is C4H8N2. The van der Waals surface area contributed by atoms with Crippen molar-refractivity contribution in [2.24, 2.45) is 9.98 Å². The van der Waals surface area contributed by atoms with Crippen LogP contribution >= 0.6 is 0 Å². The van der Waals surface area contributed by atoms with Gasteiger partial charge in [0.25, 0.3) is 0 Å². The van der Waals surface area contributed by atoms with E-state index in [1.54, 1.807) is 13.3 Å². The molecule has 0 bridgehead atoms. The van der Waals surface area contributed by atoms with Crippen molar-refractivity contribution >= 4 is 12.9 Å². The highest BCUT2D eigenvalue weighted by molar-refractivity contribution is 5.60. The van der Waals surface area contributed by atoms with Crippen LogP contribution in [0, 0.1) is 0 Å². The molecule has 0 aliphatic carbocycles. The monoisotopic (exact) mass is 84.1 g/mol. The molecule has 0 heterocycles. The second-order valence-corrected chi connectivity index (χ2v) is 0.847. The SMILES string of the molecule is C=NCC=NC. The number of hydrogen-bond donors (Lipinski definition) is 0. The van der Waals surface area contributed by atoms with Gasteiger partial charge in [0.05, 0.1) is 6.54 Å². The van der Waals surface area contributed by atoms with Gasteiger partial charge < -0.3 is 0 Å². The summed E-state index contributed by atoms with van der Waals surface area (Å²) in [7, 11) is 1.71. The number of hydrogen-bond acceptors (Lipinski definition) is 2. The van der Waals surface area contributed by atoms with Gasteiger partial charge in [-0.1, -0.05) is 0 Å². The van der Waals surface area contributed by atoms with E-state index in [4.69, 9.17) is 0 Å². The van der Waals surface area contributed by atoms with Crippen LogP contribution in [0.5, 0.6) is 0 Å². The highest BCUT2D eigenvalue weighted by Crippen LogP contribution is 1.55. The van der Waals surface area contributed by atoms with Crippen molar-refractivity contribution < 1.29 is 0 Å². The number of nitrogens with zero attached hydrogens (tertiary/aromatic N) is 2. The number of aliphatic imine (C=N–C) groups is 2. The highest BCUT2D eigenvalue weighted by atomic mass is 14.7. The van der Waals surface area contributed by atoms with Crippen molar-refractivity contribution in [2.75, 3.05) is 13.6 Å². The molecule has 0 aromatic carbocycles. The summed E-state index contributed by atoms with van der Waals surface area (Å²) < 4.78 is 0. The van der Waals surface area contributed by atoms with Crippen LogP contribution in [0.3, 0.4) is 0 Å². The van der Waals surface area contributed by atoms with E-state index >= 15 is 0 Å². The van der Waals surface area contributed by atoms with Gasteiger partial charge in [0, 0.05) is 13.3 Å². The minimum absolute atomic E-state index is 0.635. The normalized spacial score (nSPS) is 9.50. The molecule has 0 rings (SSSR count). The summed E-state index contributed by atoms with van der Waals surface area (Å²) in [4.78, 5) is 7.19. The Labute approximate surface area is 37.6 Å². The average Bonchev–Trinajstić information content (AvgIpc) is 1.61. The minimum Gasteiger partial charge on any atom is -0.299 e. The highest BCUT2D eigenvalue weighted by Gasteiger charge is 1.58. The Kier molecular flexibility index (Phi) is 3.86. The standard InChI is InChI=1S/C4H8N2/c1-5-3-4-6-2/h4H,1,3H2,2H3. The second-order valence-electron chi connectivity index (χ2n) is 0.847. The lowest BCUT2D eigenvalue weighted by Crippen LogP contribution is -1.75. The van der Waals surface area contributed by atoms with E-state index < -0.39 is 0 Å². The molecule has 0 amide bonds. The van der Waals surface area contributed by atoms with E-state index in [2.05, 4.69) is 16.7 Å². The Bertz CT molecular complexity index is 56.6. The summed E-state index contributed by atoms with van der Waals surface area (Å²) in [6.07, 6.45) is 1.70. The molecule has 0 fully saturated rings. The van der Waals surface area contributed by atoms with Crippen molar-refractivity contribution in [1.29, 1.82) is 0 Å². The first-order valence-electron chi connectivity index (χ1n) is 1.75. The summed E-state index contributed by atoms with van der Waals surface area (Å²) in [6, 6.07) is 0. The zero-order valence-electron chi connectivity index (χ0n) is 3.89. The Morgan fingerprint density at radius 1 is 1.83 bits per heavy atom. The molecule has 0 aromatic heterocycles. The fraction of sp³-hybridized carbons (Fsp3) is 0.500. The Balaban J connectivity index is 2.85. The van der Waals surface area contributed by atoms with Gasteiger partial charge in [0.15, 0.2) is 0 Å². The van der Waals surface area contributed by atoms with E-state index in [0.717, 1.165) is 0 Å². The molecule has 2 heteroatoms. The summed E-state index contributed by atoms with van der Waals surface area (Å²) in [5, 5.41) is 0. The zero-order valence-corrected chi connectivity index (χ0v) is 3.89. The summed E-state index contributed by atoms with van der Waals surface area (Å²) >= 11 is 0. The average molecular weight is 84.1 g/mol. The predicted octanol–water partition coefficient (Wildman–Crippen LogP) is 0.388. The van der Waals surface area contributed by atoms with E-state index in [-0.39, 0.29) is 0 Å². The lowest BCUT2D eigenvalue weighted by molar-refractivity contribution is 1.32. The second kappa shape index (κ2) is 4.34. The minimum atomic E-state index is 0.635. The molecule has 34 valence electrons. The van der Waals surface area contributed by atoms with Gasteiger partial charge in [-0.05, 0) is 6.72 Å². The lowest BCUT2D eigenvalue weighted by atomic mass is 10.7. The summed E-state index contributed by atoms with van der Waals surface area (Å²) in [5.41, 5.74) is 0. The van der Waals surface area contributed by atoms with Crippen LogP contribution in [0.4, 0.5) is 0 Å². The molecule has 0 aromatic rings. The van der Waals surface area contributed by atoms with Gasteiger partial charge in [-0.15, -0.1) is 0 Å². The van der Waals surface area contributed by atoms with Gasteiger partial charge >= 0.3 is 0 Å². The van der Waals surface area contributed by atoms with Crippen LogP contribution in [0.25, 0.3) is 0 Å². The molecule has 0 atom stereocenters.